The summed E-state index contributed by atoms with van der Waals surface area (Å²) in [5, 5.41) is 13.2. The summed E-state index contributed by atoms with van der Waals surface area (Å²) in [5.41, 5.74) is 2.35. The summed E-state index contributed by atoms with van der Waals surface area (Å²) < 4.78 is 10.6. The molecule has 2 unspecified atom stereocenters. The third kappa shape index (κ3) is 4.73. The van der Waals surface area contributed by atoms with Gasteiger partial charge in [0.1, 0.15) is 0 Å². The first kappa shape index (κ1) is 18.3. The summed E-state index contributed by atoms with van der Waals surface area (Å²) in [6, 6.07) is 16.3. The summed E-state index contributed by atoms with van der Waals surface area (Å²) in [5.74, 6) is 1.59. The molecule has 0 aliphatic heterocycles. The van der Waals surface area contributed by atoms with Gasteiger partial charge in [-0.3, -0.25) is 0 Å². The van der Waals surface area contributed by atoms with E-state index in [0.717, 1.165) is 30.0 Å². The van der Waals surface area contributed by atoms with Crippen LogP contribution in [0.4, 0.5) is 0 Å². The smallest absolute Gasteiger partial charge is 0.160 e. The molecule has 0 aliphatic rings. The van der Waals surface area contributed by atoms with E-state index in [4.69, 9.17) is 9.47 Å². The highest BCUT2D eigenvalue weighted by Gasteiger charge is 2.17. The van der Waals surface area contributed by atoms with Crippen LogP contribution in [0.2, 0.25) is 0 Å². The van der Waals surface area contributed by atoms with Crippen molar-refractivity contribution >= 4 is 0 Å². The van der Waals surface area contributed by atoms with Crippen molar-refractivity contribution in [1.29, 1.82) is 0 Å². The number of aliphatic hydroxyl groups is 1. The predicted octanol–water partition coefficient (Wildman–Crippen LogP) is 3.00. The molecule has 0 aromatic heterocycles. The zero-order valence-corrected chi connectivity index (χ0v) is 14.7. The summed E-state index contributed by atoms with van der Waals surface area (Å²) in [6.45, 7) is 3.08. The maximum atomic E-state index is 9.72. The van der Waals surface area contributed by atoms with E-state index in [9.17, 15) is 5.11 Å². The summed E-state index contributed by atoms with van der Waals surface area (Å²) in [7, 11) is 3.28. The molecule has 130 valence electrons. The van der Waals surface area contributed by atoms with Crippen molar-refractivity contribution in [2.24, 2.45) is 0 Å². The maximum absolute atomic E-state index is 9.72. The Labute approximate surface area is 144 Å². The first-order chi connectivity index (χ1) is 11.7. The average Bonchev–Trinajstić information content (AvgIpc) is 2.63. The topological polar surface area (TPSA) is 50.7 Å². The summed E-state index contributed by atoms with van der Waals surface area (Å²) in [4.78, 5) is 0. The molecule has 0 bridgehead atoms. The van der Waals surface area contributed by atoms with Crippen molar-refractivity contribution in [3.05, 3.63) is 59.7 Å². The van der Waals surface area contributed by atoms with E-state index in [0.29, 0.717) is 0 Å². The fourth-order valence-electron chi connectivity index (χ4n) is 2.88. The van der Waals surface area contributed by atoms with Gasteiger partial charge in [0.25, 0.3) is 0 Å². The Bertz CT molecular complexity index is 616. The van der Waals surface area contributed by atoms with Crippen LogP contribution in [0.1, 0.15) is 24.0 Å². The van der Waals surface area contributed by atoms with Gasteiger partial charge in [0.15, 0.2) is 11.5 Å². The van der Waals surface area contributed by atoms with Gasteiger partial charge >= 0.3 is 0 Å². The lowest BCUT2D eigenvalue weighted by molar-refractivity contribution is 0.240. The van der Waals surface area contributed by atoms with Gasteiger partial charge < -0.3 is 19.9 Å². The molecule has 2 aromatic rings. The monoisotopic (exact) mass is 329 g/mol. The number of aliphatic hydroxyl groups excluding tert-OH is 1. The Morgan fingerprint density at radius 2 is 1.71 bits per heavy atom. The third-order valence-corrected chi connectivity index (χ3v) is 4.36. The minimum absolute atomic E-state index is 0.0941. The van der Waals surface area contributed by atoms with Crippen molar-refractivity contribution in [1.82, 2.24) is 5.32 Å². The van der Waals surface area contributed by atoms with E-state index in [1.54, 1.807) is 14.2 Å². The Morgan fingerprint density at radius 3 is 2.33 bits per heavy atom. The zero-order chi connectivity index (χ0) is 17.4. The van der Waals surface area contributed by atoms with Gasteiger partial charge in [-0.2, -0.15) is 0 Å². The number of hydrogen-bond acceptors (Lipinski definition) is 4. The first-order valence-corrected chi connectivity index (χ1v) is 8.29. The Kier molecular flexibility index (Phi) is 7.09. The number of benzene rings is 2. The fourth-order valence-corrected chi connectivity index (χ4v) is 2.88. The van der Waals surface area contributed by atoms with Crippen molar-refractivity contribution in [2.75, 3.05) is 27.4 Å². The van der Waals surface area contributed by atoms with Crippen LogP contribution in [0.5, 0.6) is 11.5 Å². The Hall–Kier alpha value is -2.04. The lowest BCUT2D eigenvalue weighted by Crippen LogP contribution is -2.35. The number of hydrogen-bond donors (Lipinski definition) is 2. The molecule has 0 radical (unpaired) electrons. The fraction of sp³-hybridized carbons (Fsp3) is 0.400. The van der Waals surface area contributed by atoms with Gasteiger partial charge in [-0.1, -0.05) is 36.4 Å². The number of methoxy groups -OCH3 is 2. The Balaban J connectivity index is 1.91. The molecule has 0 saturated heterocycles. The zero-order valence-electron chi connectivity index (χ0n) is 14.7. The van der Waals surface area contributed by atoms with Gasteiger partial charge in [-0.05, 0) is 43.1 Å². The van der Waals surface area contributed by atoms with Crippen molar-refractivity contribution in [2.45, 2.75) is 25.3 Å². The molecule has 2 N–H and O–H groups in total. The van der Waals surface area contributed by atoms with Crippen molar-refractivity contribution < 1.29 is 14.6 Å². The predicted molar refractivity (Wildman–Crippen MR) is 97.0 cm³/mol. The van der Waals surface area contributed by atoms with E-state index < -0.39 is 0 Å². The van der Waals surface area contributed by atoms with Crippen LogP contribution in [0.25, 0.3) is 0 Å². The van der Waals surface area contributed by atoms with E-state index in [1.807, 2.05) is 30.3 Å². The second kappa shape index (κ2) is 9.30. The molecule has 0 spiro atoms. The standard InChI is InChI=1S/C20H27NO3/c1-15(18(14-22)17-7-5-4-6-8-17)21-12-11-16-9-10-19(23-2)20(13-16)24-3/h4-10,13,15,18,21-22H,11-12,14H2,1-3H3. The minimum atomic E-state index is 0.0941. The normalized spacial score (nSPS) is 13.3. The second-order valence-electron chi connectivity index (χ2n) is 5.88. The van der Waals surface area contributed by atoms with Crippen molar-refractivity contribution in [3.63, 3.8) is 0 Å². The van der Waals surface area contributed by atoms with E-state index in [-0.39, 0.29) is 18.6 Å². The first-order valence-electron chi connectivity index (χ1n) is 8.29. The molecular weight excluding hydrogens is 302 g/mol. The number of nitrogens with one attached hydrogen (secondary N) is 1. The molecule has 24 heavy (non-hydrogen) atoms. The second-order valence-corrected chi connectivity index (χ2v) is 5.88. The molecule has 4 heteroatoms. The van der Waals surface area contributed by atoms with Crippen LogP contribution < -0.4 is 14.8 Å². The summed E-state index contributed by atoms with van der Waals surface area (Å²) in [6.07, 6.45) is 0.887. The van der Waals surface area contributed by atoms with Crippen LogP contribution >= 0.6 is 0 Å². The molecular formula is C20H27NO3. The molecule has 0 fully saturated rings. The van der Waals surface area contributed by atoms with Gasteiger partial charge in [0, 0.05) is 12.0 Å². The van der Waals surface area contributed by atoms with Gasteiger partial charge in [-0.15, -0.1) is 0 Å². The van der Waals surface area contributed by atoms with E-state index in [2.05, 4.69) is 30.4 Å². The van der Waals surface area contributed by atoms with E-state index >= 15 is 0 Å². The lowest BCUT2D eigenvalue weighted by Gasteiger charge is -2.24. The van der Waals surface area contributed by atoms with Crippen molar-refractivity contribution in [3.8, 4) is 11.5 Å². The lowest BCUT2D eigenvalue weighted by atomic mass is 9.93. The van der Waals surface area contributed by atoms with Crippen LogP contribution in [0, 0.1) is 0 Å². The van der Waals surface area contributed by atoms with Gasteiger partial charge in [0.2, 0.25) is 0 Å². The molecule has 0 amide bonds. The van der Waals surface area contributed by atoms with E-state index in [1.165, 1.54) is 5.56 Å². The SMILES string of the molecule is COc1ccc(CCNC(C)C(CO)c2ccccc2)cc1OC. The summed E-state index contributed by atoms with van der Waals surface area (Å²) >= 11 is 0. The molecule has 2 atom stereocenters. The van der Waals surface area contributed by atoms with Crippen LogP contribution in [0.15, 0.2) is 48.5 Å². The highest BCUT2D eigenvalue weighted by Crippen LogP contribution is 2.27. The molecule has 2 aromatic carbocycles. The molecule has 0 aliphatic carbocycles. The Morgan fingerprint density at radius 1 is 1.00 bits per heavy atom. The third-order valence-electron chi connectivity index (χ3n) is 4.36. The van der Waals surface area contributed by atoms with Gasteiger partial charge in [-0.25, -0.2) is 0 Å². The number of rotatable bonds is 9. The molecule has 4 nitrogen and oxygen atoms in total. The highest BCUT2D eigenvalue weighted by atomic mass is 16.5. The highest BCUT2D eigenvalue weighted by molar-refractivity contribution is 5.42. The minimum Gasteiger partial charge on any atom is -0.493 e. The molecule has 0 heterocycles. The number of ether oxygens (including phenoxy) is 2. The average molecular weight is 329 g/mol. The quantitative estimate of drug-likeness (QED) is 0.742. The molecule has 2 rings (SSSR count). The largest absolute Gasteiger partial charge is 0.493 e. The molecule has 0 saturated carbocycles. The van der Waals surface area contributed by atoms with Gasteiger partial charge in [0.05, 0.1) is 20.8 Å². The van der Waals surface area contributed by atoms with Crippen LogP contribution in [-0.4, -0.2) is 38.5 Å². The maximum Gasteiger partial charge on any atom is 0.160 e. The van der Waals surface area contributed by atoms with Crippen LogP contribution in [-0.2, 0) is 6.42 Å². The van der Waals surface area contributed by atoms with Crippen LogP contribution in [0.3, 0.4) is 0 Å².